The van der Waals surface area contributed by atoms with Crippen LogP contribution >= 0.6 is 23.2 Å². The molecule has 2 heterocycles. The number of nitrogens with zero attached hydrogens (tertiary/aromatic N) is 3. The molecule has 0 N–H and O–H groups in total. The Balaban J connectivity index is 2.37. The molecule has 0 aliphatic carbocycles. The maximum atomic E-state index is 13.6. The lowest BCUT2D eigenvalue weighted by atomic mass is 10.1. The first-order valence-corrected chi connectivity index (χ1v) is 8.27. The van der Waals surface area contributed by atoms with Crippen LogP contribution in [0.15, 0.2) is 24.3 Å². The number of fused-ring (bicyclic) bond motifs is 1. The van der Waals surface area contributed by atoms with Crippen LogP contribution < -0.4 is 0 Å². The molecular weight excluding hydrogens is 374 g/mol. The summed E-state index contributed by atoms with van der Waals surface area (Å²) in [5.74, 6) is 0. The minimum Gasteiger partial charge on any atom is -0.244 e. The van der Waals surface area contributed by atoms with E-state index in [-0.39, 0.29) is 27.8 Å². The molecule has 0 unspecified atom stereocenters. The third-order valence-corrected chi connectivity index (χ3v) is 4.59. The lowest BCUT2D eigenvalue weighted by molar-refractivity contribution is -0.136. The van der Waals surface area contributed by atoms with Crippen LogP contribution in [0.1, 0.15) is 31.1 Å². The van der Waals surface area contributed by atoms with Gasteiger partial charge in [0.25, 0.3) is 0 Å². The van der Waals surface area contributed by atoms with Crippen molar-refractivity contribution in [2.75, 3.05) is 0 Å². The Kier molecular flexibility index (Phi) is 4.45. The van der Waals surface area contributed by atoms with Gasteiger partial charge in [0, 0.05) is 11.6 Å². The van der Waals surface area contributed by atoms with Gasteiger partial charge in [0.2, 0.25) is 0 Å². The fourth-order valence-corrected chi connectivity index (χ4v) is 3.00. The summed E-state index contributed by atoms with van der Waals surface area (Å²) < 4.78 is 42.4. The molecule has 2 aromatic heterocycles. The van der Waals surface area contributed by atoms with E-state index >= 15 is 0 Å². The minimum atomic E-state index is -4.53. The second-order valence-corrected chi connectivity index (χ2v) is 6.82. The van der Waals surface area contributed by atoms with Crippen LogP contribution in [-0.4, -0.2) is 14.8 Å². The van der Waals surface area contributed by atoms with E-state index in [1.165, 1.54) is 16.8 Å². The average Bonchev–Trinajstić information content (AvgIpc) is 2.85. The van der Waals surface area contributed by atoms with Crippen molar-refractivity contribution in [1.82, 2.24) is 14.8 Å². The van der Waals surface area contributed by atoms with Gasteiger partial charge in [-0.15, -0.1) is 0 Å². The van der Waals surface area contributed by atoms with Gasteiger partial charge < -0.3 is 0 Å². The molecular formula is C17H14Cl2F3N3. The fourth-order valence-electron chi connectivity index (χ4n) is 2.70. The number of alkyl halides is 3. The molecule has 8 heteroatoms. The van der Waals surface area contributed by atoms with Crippen molar-refractivity contribution in [3.63, 3.8) is 0 Å². The van der Waals surface area contributed by atoms with E-state index in [0.29, 0.717) is 16.3 Å². The second-order valence-electron chi connectivity index (χ2n) is 6.00. The maximum absolute atomic E-state index is 13.6. The van der Waals surface area contributed by atoms with Crippen molar-refractivity contribution in [2.45, 2.75) is 33.0 Å². The molecule has 0 spiro atoms. The molecule has 0 saturated carbocycles. The summed E-state index contributed by atoms with van der Waals surface area (Å²) >= 11 is 11.9. The van der Waals surface area contributed by atoms with Gasteiger partial charge in [-0.2, -0.15) is 18.3 Å². The summed E-state index contributed by atoms with van der Waals surface area (Å²) in [6, 6.07) is 5.52. The Hall–Kier alpha value is -1.79. The highest BCUT2D eigenvalue weighted by atomic mass is 35.5. The number of benzene rings is 1. The van der Waals surface area contributed by atoms with Gasteiger partial charge in [0.15, 0.2) is 5.65 Å². The van der Waals surface area contributed by atoms with Gasteiger partial charge in [-0.3, -0.25) is 0 Å². The predicted molar refractivity (Wildman–Crippen MR) is 93.1 cm³/mol. The van der Waals surface area contributed by atoms with Crippen LogP contribution in [0.2, 0.25) is 10.0 Å². The maximum Gasteiger partial charge on any atom is 0.417 e. The monoisotopic (exact) mass is 387 g/mol. The summed E-state index contributed by atoms with van der Waals surface area (Å²) in [5.41, 5.74) is 0.353. The molecule has 1 aromatic carbocycles. The number of pyridine rings is 1. The van der Waals surface area contributed by atoms with Gasteiger partial charge >= 0.3 is 6.18 Å². The van der Waals surface area contributed by atoms with E-state index in [9.17, 15) is 13.2 Å². The number of aryl methyl sites for hydroxylation is 1. The Morgan fingerprint density at radius 1 is 1.08 bits per heavy atom. The first-order valence-electron chi connectivity index (χ1n) is 7.52. The summed E-state index contributed by atoms with van der Waals surface area (Å²) in [4.78, 5) is 4.43. The first kappa shape index (κ1) is 18.0. The third kappa shape index (κ3) is 3.20. The van der Waals surface area contributed by atoms with E-state index < -0.39 is 11.7 Å². The summed E-state index contributed by atoms with van der Waals surface area (Å²) in [7, 11) is 0. The van der Waals surface area contributed by atoms with E-state index in [4.69, 9.17) is 23.2 Å². The van der Waals surface area contributed by atoms with Crippen LogP contribution in [0, 0.1) is 6.92 Å². The van der Waals surface area contributed by atoms with Crippen molar-refractivity contribution in [3.05, 3.63) is 45.6 Å². The predicted octanol–water partition coefficient (Wildman–Crippen LogP) is 6.31. The Morgan fingerprint density at radius 2 is 1.76 bits per heavy atom. The Bertz CT molecular complexity index is 962. The number of rotatable bonds is 2. The molecule has 0 aliphatic heterocycles. The van der Waals surface area contributed by atoms with Crippen LogP contribution in [-0.2, 0) is 6.18 Å². The summed E-state index contributed by atoms with van der Waals surface area (Å²) in [6.45, 7) is 5.23. The normalized spacial score (nSPS) is 12.4. The van der Waals surface area contributed by atoms with Crippen molar-refractivity contribution in [2.24, 2.45) is 0 Å². The average molecular weight is 388 g/mol. The Morgan fingerprint density at radius 3 is 2.32 bits per heavy atom. The molecule has 3 rings (SSSR count). The van der Waals surface area contributed by atoms with E-state index in [1.807, 2.05) is 13.8 Å². The van der Waals surface area contributed by atoms with Crippen LogP contribution in [0.3, 0.4) is 0 Å². The van der Waals surface area contributed by atoms with Gasteiger partial charge in [0.1, 0.15) is 0 Å². The Labute approximate surface area is 152 Å². The molecule has 0 fully saturated rings. The zero-order chi connectivity index (χ0) is 18.5. The van der Waals surface area contributed by atoms with Crippen molar-refractivity contribution < 1.29 is 13.2 Å². The zero-order valence-corrected chi connectivity index (χ0v) is 15.1. The second kappa shape index (κ2) is 6.18. The zero-order valence-electron chi connectivity index (χ0n) is 13.6. The smallest absolute Gasteiger partial charge is 0.244 e. The lowest BCUT2D eigenvalue weighted by Gasteiger charge is -2.13. The molecule has 0 atom stereocenters. The molecule has 0 radical (unpaired) electrons. The highest BCUT2D eigenvalue weighted by molar-refractivity contribution is 6.42. The van der Waals surface area contributed by atoms with Crippen molar-refractivity contribution in [3.8, 4) is 11.3 Å². The van der Waals surface area contributed by atoms with Crippen molar-refractivity contribution in [1.29, 1.82) is 0 Å². The van der Waals surface area contributed by atoms with Gasteiger partial charge in [-0.1, -0.05) is 29.3 Å². The standard InChI is InChI=1S/C17H14Cl2F3N3/c1-8(2)25-16-15(9(3)24-25)11(17(20,21)22)7-14(23-16)10-4-5-12(18)13(19)6-10/h4-8H,1-3H3. The quantitative estimate of drug-likeness (QED) is 0.515. The number of hydrogen-bond acceptors (Lipinski definition) is 2. The SMILES string of the molecule is Cc1nn(C(C)C)c2nc(-c3ccc(Cl)c(Cl)c3)cc(C(F)(F)F)c12. The number of aromatic nitrogens is 3. The lowest BCUT2D eigenvalue weighted by Crippen LogP contribution is -2.09. The fraction of sp³-hybridized carbons (Fsp3) is 0.294. The molecule has 0 aliphatic rings. The molecule has 3 aromatic rings. The molecule has 3 nitrogen and oxygen atoms in total. The molecule has 25 heavy (non-hydrogen) atoms. The van der Waals surface area contributed by atoms with Crippen LogP contribution in [0.5, 0.6) is 0 Å². The molecule has 0 bridgehead atoms. The molecule has 0 saturated heterocycles. The minimum absolute atomic E-state index is 0.0185. The third-order valence-electron chi connectivity index (χ3n) is 3.85. The highest BCUT2D eigenvalue weighted by Crippen LogP contribution is 2.39. The van der Waals surface area contributed by atoms with Crippen molar-refractivity contribution >= 4 is 34.2 Å². The highest BCUT2D eigenvalue weighted by Gasteiger charge is 2.35. The van der Waals surface area contributed by atoms with E-state index in [2.05, 4.69) is 10.1 Å². The van der Waals surface area contributed by atoms with Gasteiger partial charge in [-0.25, -0.2) is 9.67 Å². The van der Waals surface area contributed by atoms with E-state index in [1.54, 1.807) is 13.0 Å². The van der Waals surface area contributed by atoms with Gasteiger partial charge in [-0.05, 0) is 39.0 Å². The van der Waals surface area contributed by atoms with Crippen LogP contribution in [0.4, 0.5) is 13.2 Å². The molecule has 0 amide bonds. The van der Waals surface area contributed by atoms with Gasteiger partial charge in [0.05, 0.1) is 32.4 Å². The largest absolute Gasteiger partial charge is 0.417 e. The summed E-state index contributed by atoms with van der Waals surface area (Å²) in [6.07, 6.45) is -4.53. The number of halogens is 5. The van der Waals surface area contributed by atoms with E-state index in [0.717, 1.165) is 6.07 Å². The summed E-state index contributed by atoms with van der Waals surface area (Å²) in [5, 5.41) is 4.83. The first-order chi connectivity index (χ1) is 11.6. The van der Waals surface area contributed by atoms with Crippen LogP contribution in [0.25, 0.3) is 22.3 Å². The topological polar surface area (TPSA) is 30.7 Å². The molecule has 132 valence electrons. The number of hydrogen-bond donors (Lipinski definition) is 0.